The highest BCUT2D eigenvalue weighted by molar-refractivity contribution is 7.22. The molecule has 1 aromatic heterocycles. The maximum atomic E-state index is 12.5. The first-order valence-corrected chi connectivity index (χ1v) is 8.32. The van der Waals surface area contributed by atoms with Gasteiger partial charge in [0.1, 0.15) is 9.58 Å². The third-order valence-electron chi connectivity index (χ3n) is 3.80. The zero-order valence-corrected chi connectivity index (χ0v) is 14.5. The number of fused-ring (bicyclic) bond motifs is 1. The average molecular weight is 361 g/mol. The summed E-state index contributed by atoms with van der Waals surface area (Å²) in [5.74, 6) is -0.376. The summed E-state index contributed by atoms with van der Waals surface area (Å²) in [4.78, 5) is 23.5. The summed E-state index contributed by atoms with van der Waals surface area (Å²) in [7, 11) is 0. The maximum Gasteiger partial charge on any atom is 0.287 e. The Hall–Kier alpha value is -2.44. The van der Waals surface area contributed by atoms with E-state index in [1.54, 1.807) is 12.1 Å². The van der Waals surface area contributed by atoms with Gasteiger partial charge in [-0.2, -0.15) is 0 Å². The minimum absolute atomic E-state index is 0.0513. The molecule has 0 fully saturated rings. The van der Waals surface area contributed by atoms with Gasteiger partial charge in [-0.15, -0.1) is 11.3 Å². The van der Waals surface area contributed by atoms with E-state index >= 15 is 0 Å². The van der Waals surface area contributed by atoms with E-state index in [1.807, 2.05) is 32.0 Å². The molecule has 7 heteroatoms. The Labute approximate surface area is 147 Å². The number of amides is 1. The second-order valence-corrected chi connectivity index (χ2v) is 6.81. The van der Waals surface area contributed by atoms with E-state index in [2.05, 4.69) is 5.32 Å². The molecule has 0 spiro atoms. The molecule has 0 aliphatic rings. The number of hydrogen-bond donors (Lipinski definition) is 1. The Balaban J connectivity index is 2.01. The van der Waals surface area contributed by atoms with Crippen molar-refractivity contribution in [3.05, 3.63) is 67.5 Å². The molecule has 1 N–H and O–H groups in total. The molecule has 1 heterocycles. The quantitative estimate of drug-likeness (QED) is 0.506. The van der Waals surface area contributed by atoms with Crippen LogP contribution in [0.3, 0.4) is 0 Å². The topological polar surface area (TPSA) is 72.2 Å². The van der Waals surface area contributed by atoms with Crippen LogP contribution in [0, 0.1) is 24.0 Å². The molecule has 0 aliphatic heterocycles. The number of carbonyl (C=O) groups excluding carboxylic acids is 1. The number of halogens is 1. The fourth-order valence-corrected chi connectivity index (χ4v) is 3.86. The van der Waals surface area contributed by atoms with Crippen LogP contribution in [0.15, 0.2) is 36.4 Å². The Morgan fingerprint density at radius 2 is 1.96 bits per heavy atom. The van der Waals surface area contributed by atoms with Crippen LogP contribution in [0.25, 0.3) is 10.1 Å². The van der Waals surface area contributed by atoms with Gasteiger partial charge in [0.15, 0.2) is 0 Å². The van der Waals surface area contributed by atoms with E-state index in [0.717, 1.165) is 22.5 Å². The number of nitro benzene ring substituents is 1. The minimum atomic E-state index is -0.472. The van der Waals surface area contributed by atoms with Crippen LogP contribution >= 0.6 is 22.9 Å². The fourth-order valence-electron chi connectivity index (χ4n) is 2.37. The van der Waals surface area contributed by atoms with Crippen LogP contribution in [0.1, 0.15) is 20.8 Å². The summed E-state index contributed by atoms with van der Waals surface area (Å²) in [6, 6.07) is 10.2. The van der Waals surface area contributed by atoms with E-state index in [0.29, 0.717) is 15.8 Å². The molecular formula is C17H13ClN2O3S. The zero-order valence-electron chi connectivity index (χ0n) is 12.9. The molecule has 0 radical (unpaired) electrons. The van der Waals surface area contributed by atoms with E-state index in [1.165, 1.54) is 6.07 Å². The Kier molecular flexibility index (Phi) is 4.26. The Bertz CT molecular complexity index is 981. The van der Waals surface area contributed by atoms with Crippen molar-refractivity contribution in [2.45, 2.75) is 13.8 Å². The minimum Gasteiger partial charge on any atom is -0.321 e. The van der Waals surface area contributed by atoms with Crippen LogP contribution in [-0.2, 0) is 0 Å². The summed E-state index contributed by atoms with van der Waals surface area (Å²) in [6.45, 7) is 3.95. The maximum absolute atomic E-state index is 12.5. The molecule has 0 atom stereocenters. The van der Waals surface area contributed by atoms with Gasteiger partial charge >= 0.3 is 0 Å². The Morgan fingerprint density at radius 1 is 1.21 bits per heavy atom. The van der Waals surface area contributed by atoms with Gasteiger partial charge in [0.2, 0.25) is 0 Å². The van der Waals surface area contributed by atoms with Gasteiger partial charge in [0.05, 0.1) is 9.95 Å². The molecule has 3 rings (SSSR count). The molecule has 5 nitrogen and oxygen atoms in total. The molecule has 1 amide bonds. The predicted octanol–water partition coefficient (Wildman–Crippen LogP) is 5.33. The molecule has 3 aromatic rings. The van der Waals surface area contributed by atoms with Crippen molar-refractivity contribution in [3.63, 3.8) is 0 Å². The average Bonchev–Trinajstić information content (AvgIpc) is 2.88. The van der Waals surface area contributed by atoms with Crippen molar-refractivity contribution < 1.29 is 9.72 Å². The van der Waals surface area contributed by atoms with Crippen molar-refractivity contribution in [2.24, 2.45) is 0 Å². The smallest absolute Gasteiger partial charge is 0.287 e. The lowest BCUT2D eigenvalue weighted by molar-refractivity contribution is -0.382. The summed E-state index contributed by atoms with van der Waals surface area (Å²) >= 11 is 7.31. The third-order valence-corrected chi connectivity index (χ3v) is 5.53. The summed E-state index contributed by atoms with van der Waals surface area (Å²) < 4.78 is 0.401. The first-order chi connectivity index (χ1) is 11.4. The molecule has 0 unspecified atom stereocenters. The molecule has 2 aromatic carbocycles. The van der Waals surface area contributed by atoms with Gasteiger partial charge in [-0.3, -0.25) is 14.9 Å². The van der Waals surface area contributed by atoms with Crippen molar-refractivity contribution in [1.82, 2.24) is 0 Å². The van der Waals surface area contributed by atoms with Crippen molar-refractivity contribution >= 4 is 50.3 Å². The molecule has 24 heavy (non-hydrogen) atoms. The summed E-state index contributed by atoms with van der Waals surface area (Å²) in [5.41, 5.74) is 2.80. The monoisotopic (exact) mass is 360 g/mol. The van der Waals surface area contributed by atoms with Crippen LogP contribution < -0.4 is 5.32 Å². The third kappa shape index (κ3) is 2.86. The van der Waals surface area contributed by atoms with Gasteiger partial charge in [0.25, 0.3) is 11.6 Å². The zero-order chi connectivity index (χ0) is 17.4. The lowest BCUT2D eigenvalue weighted by Crippen LogP contribution is -2.10. The van der Waals surface area contributed by atoms with Gasteiger partial charge in [-0.05, 0) is 37.1 Å². The molecule has 0 aliphatic carbocycles. The summed E-state index contributed by atoms with van der Waals surface area (Å²) in [5, 5.41) is 14.7. The van der Waals surface area contributed by atoms with Crippen LogP contribution in [0.4, 0.5) is 11.4 Å². The fraction of sp³-hybridized carbons (Fsp3) is 0.118. The van der Waals surface area contributed by atoms with Crippen molar-refractivity contribution in [1.29, 1.82) is 0 Å². The van der Waals surface area contributed by atoms with Crippen molar-refractivity contribution in [3.8, 4) is 0 Å². The number of anilines is 1. The predicted molar refractivity (Wildman–Crippen MR) is 97.4 cm³/mol. The first-order valence-electron chi connectivity index (χ1n) is 7.12. The SMILES string of the molecule is Cc1ccc(NC(=O)c2sc3c([N+](=O)[O-])cccc3c2Cl)cc1C. The molecular weight excluding hydrogens is 348 g/mol. The normalized spacial score (nSPS) is 10.8. The van der Waals surface area contributed by atoms with Gasteiger partial charge in [0, 0.05) is 17.1 Å². The molecule has 0 saturated carbocycles. The number of benzene rings is 2. The van der Waals surface area contributed by atoms with Crippen LogP contribution in [-0.4, -0.2) is 10.8 Å². The second-order valence-electron chi connectivity index (χ2n) is 5.41. The number of hydrogen-bond acceptors (Lipinski definition) is 4. The number of nitro groups is 1. The molecule has 0 bridgehead atoms. The highest BCUT2D eigenvalue weighted by Gasteiger charge is 2.22. The van der Waals surface area contributed by atoms with E-state index < -0.39 is 4.92 Å². The number of rotatable bonds is 3. The Morgan fingerprint density at radius 3 is 2.62 bits per heavy atom. The van der Waals surface area contributed by atoms with Gasteiger partial charge in [-0.25, -0.2) is 0 Å². The number of nitrogens with zero attached hydrogens (tertiary/aromatic N) is 1. The van der Waals surface area contributed by atoms with Crippen LogP contribution in [0.5, 0.6) is 0 Å². The first kappa shape index (κ1) is 16.4. The second kappa shape index (κ2) is 6.22. The van der Waals surface area contributed by atoms with E-state index in [4.69, 9.17) is 11.6 Å². The lowest BCUT2D eigenvalue weighted by atomic mass is 10.1. The summed E-state index contributed by atoms with van der Waals surface area (Å²) in [6.07, 6.45) is 0. The number of non-ortho nitro benzene ring substituents is 1. The molecule has 0 saturated heterocycles. The van der Waals surface area contributed by atoms with E-state index in [9.17, 15) is 14.9 Å². The molecule has 122 valence electrons. The standard InChI is InChI=1S/C17H13ClN2O3S/c1-9-6-7-11(8-10(9)2)19-17(21)16-14(18)12-4-3-5-13(20(22)23)15(12)24-16/h3-8H,1-2H3,(H,19,21). The number of thiophene rings is 1. The highest BCUT2D eigenvalue weighted by Crippen LogP contribution is 2.40. The highest BCUT2D eigenvalue weighted by atomic mass is 35.5. The van der Waals surface area contributed by atoms with Crippen LogP contribution in [0.2, 0.25) is 5.02 Å². The van der Waals surface area contributed by atoms with Gasteiger partial charge < -0.3 is 5.32 Å². The number of aryl methyl sites for hydroxylation is 2. The largest absolute Gasteiger partial charge is 0.321 e. The lowest BCUT2D eigenvalue weighted by Gasteiger charge is -2.06. The number of carbonyl (C=O) groups is 1. The van der Waals surface area contributed by atoms with Crippen molar-refractivity contribution in [2.75, 3.05) is 5.32 Å². The van der Waals surface area contributed by atoms with Gasteiger partial charge in [-0.1, -0.05) is 29.8 Å². The van der Waals surface area contributed by atoms with E-state index in [-0.39, 0.29) is 21.5 Å². The number of nitrogens with one attached hydrogen (secondary N) is 1.